The highest BCUT2D eigenvalue weighted by Crippen LogP contribution is 2.15. The molecule has 1 heterocycles. The number of ether oxygens (including phenoxy) is 1. The van der Waals surface area contributed by atoms with Crippen LogP contribution in [0.25, 0.3) is 0 Å². The molecule has 1 aromatic heterocycles. The van der Waals surface area contributed by atoms with Gasteiger partial charge in [-0.25, -0.2) is 4.79 Å². The number of carbonyl (C=O) groups is 3. The molecule has 0 aliphatic rings. The molecule has 0 unspecified atom stereocenters. The Kier molecular flexibility index (Phi) is 5.26. The summed E-state index contributed by atoms with van der Waals surface area (Å²) >= 11 is 1.25. The molecule has 2 aromatic rings. The predicted molar refractivity (Wildman–Crippen MR) is 84.0 cm³/mol. The summed E-state index contributed by atoms with van der Waals surface area (Å²) in [5.74, 6) is -1.18. The lowest BCUT2D eigenvalue weighted by atomic mass is 10.2. The summed E-state index contributed by atoms with van der Waals surface area (Å²) < 4.78 is 4.90. The Hall–Kier alpha value is -2.67. The minimum atomic E-state index is -0.530. The van der Waals surface area contributed by atoms with Gasteiger partial charge in [-0.1, -0.05) is 12.1 Å². The predicted octanol–water partition coefficient (Wildman–Crippen LogP) is 2.50. The molecule has 6 nitrogen and oxygen atoms in total. The van der Waals surface area contributed by atoms with Gasteiger partial charge in [0.2, 0.25) is 5.91 Å². The van der Waals surface area contributed by atoms with Crippen molar-refractivity contribution < 1.29 is 19.1 Å². The number of esters is 1. The number of rotatable bonds is 5. The number of nitrogens with one attached hydrogen (secondary N) is 2. The van der Waals surface area contributed by atoms with E-state index in [1.54, 1.807) is 41.8 Å². The van der Waals surface area contributed by atoms with Gasteiger partial charge in [0.1, 0.15) is 4.88 Å². The van der Waals surface area contributed by atoms with E-state index in [2.05, 4.69) is 10.6 Å². The zero-order valence-corrected chi connectivity index (χ0v) is 12.6. The van der Waals surface area contributed by atoms with Crippen LogP contribution in [0.3, 0.4) is 0 Å². The first-order valence-electron chi connectivity index (χ1n) is 6.43. The van der Waals surface area contributed by atoms with Crippen molar-refractivity contribution in [2.24, 2.45) is 0 Å². The van der Waals surface area contributed by atoms with Crippen molar-refractivity contribution in [3.05, 3.63) is 46.7 Å². The number of hydrogen-bond acceptors (Lipinski definition) is 5. The maximum Gasteiger partial charge on any atom is 0.348 e. The zero-order chi connectivity index (χ0) is 15.9. The van der Waals surface area contributed by atoms with E-state index in [9.17, 15) is 14.4 Å². The van der Waals surface area contributed by atoms with Gasteiger partial charge in [0.25, 0.3) is 5.91 Å². The van der Waals surface area contributed by atoms with Crippen molar-refractivity contribution in [1.82, 2.24) is 0 Å². The van der Waals surface area contributed by atoms with Crippen LogP contribution in [0.2, 0.25) is 0 Å². The van der Waals surface area contributed by atoms with Crippen molar-refractivity contribution in [3.8, 4) is 0 Å². The van der Waals surface area contributed by atoms with E-state index in [0.29, 0.717) is 16.3 Å². The molecule has 0 aliphatic heterocycles. The molecule has 0 radical (unpaired) electrons. The Balaban J connectivity index is 1.86. The van der Waals surface area contributed by atoms with Gasteiger partial charge in [0, 0.05) is 18.3 Å². The van der Waals surface area contributed by atoms with Gasteiger partial charge >= 0.3 is 5.97 Å². The smallest absolute Gasteiger partial charge is 0.348 e. The number of amides is 2. The van der Waals surface area contributed by atoms with Crippen LogP contribution >= 0.6 is 11.3 Å². The Labute approximate surface area is 131 Å². The van der Waals surface area contributed by atoms with Crippen molar-refractivity contribution in [2.75, 3.05) is 17.2 Å². The lowest BCUT2D eigenvalue weighted by Gasteiger charge is -2.08. The normalized spacial score (nSPS) is 9.86. The Morgan fingerprint density at radius 2 is 1.82 bits per heavy atom. The zero-order valence-electron chi connectivity index (χ0n) is 11.8. The monoisotopic (exact) mass is 318 g/mol. The van der Waals surface area contributed by atoms with Crippen molar-refractivity contribution in [2.45, 2.75) is 6.92 Å². The molecule has 114 valence electrons. The van der Waals surface area contributed by atoms with E-state index in [4.69, 9.17) is 4.74 Å². The molecule has 2 rings (SSSR count). The molecule has 7 heteroatoms. The molecule has 0 bridgehead atoms. The largest absolute Gasteiger partial charge is 0.451 e. The minimum absolute atomic E-state index is 0.201. The molecule has 22 heavy (non-hydrogen) atoms. The maximum atomic E-state index is 11.7. The van der Waals surface area contributed by atoms with Crippen LogP contribution in [0.4, 0.5) is 11.4 Å². The lowest BCUT2D eigenvalue weighted by Crippen LogP contribution is -2.20. The summed E-state index contributed by atoms with van der Waals surface area (Å²) in [5.41, 5.74) is 1.07. The first-order valence-corrected chi connectivity index (χ1v) is 7.30. The topological polar surface area (TPSA) is 84.5 Å². The second-order valence-corrected chi connectivity index (χ2v) is 5.31. The molecular formula is C15H14N2O4S. The molecule has 0 aliphatic carbocycles. The van der Waals surface area contributed by atoms with Gasteiger partial charge in [0.05, 0.1) is 0 Å². The molecule has 2 N–H and O–H groups in total. The third kappa shape index (κ3) is 4.71. The summed E-state index contributed by atoms with van der Waals surface area (Å²) in [6.45, 7) is 1.02. The summed E-state index contributed by atoms with van der Waals surface area (Å²) in [7, 11) is 0. The standard InChI is InChI=1S/C15H14N2O4S/c1-10(18)16-11-4-2-5-12(8-11)17-14(19)9-21-15(20)13-6-3-7-22-13/h2-8H,9H2,1H3,(H,16,18)(H,17,19). The summed E-state index contributed by atoms with van der Waals surface area (Å²) in [6, 6.07) is 10.0. The molecule has 0 spiro atoms. The van der Waals surface area contributed by atoms with Crippen LogP contribution in [-0.4, -0.2) is 24.4 Å². The average Bonchev–Trinajstić information content (AvgIpc) is 2.98. The van der Waals surface area contributed by atoms with Gasteiger partial charge in [-0.05, 0) is 29.6 Å². The summed E-state index contributed by atoms with van der Waals surface area (Å²) in [4.78, 5) is 34.8. The number of thiophene rings is 1. The number of carbonyl (C=O) groups excluding carboxylic acids is 3. The van der Waals surface area contributed by atoms with Crippen LogP contribution in [0.15, 0.2) is 41.8 Å². The molecule has 0 saturated heterocycles. The van der Waals surface area contributed by atoms with Crippen LogP contribution in [-0.2, 0) is 14.3 Å². The highest BCUT2D eigenvalue weighted by Gasteiger charge is 2.11. The molecule has 0 atom stereocenters. The number of anilines is 2. The third-order valence-corrected chi connectivity index (χ3v) is 3.37. The van der Waals surface area contributed by atoms with E-state index < -0.39 is 11.9 Å². The van der Waals surface area contributed by atoms with Gasteiger partial charge < -0.3 is 15.4 Å². The minimum Gasteiger partial charge on any atom is -0.451 e. The lowest BCUT2D eigenvalue weighted by molar-refractivity contribution is -0.119. The second kappa shape index (κ2) is 7.37. The summed E-state index contributed by atoms with van der Waals surface area (Å²) in [5, 5.41) is 6.96. The highest BCUT2D eigenvalue weighted by molar-refractivity contribution is 7.11. The van der Waals surface area contributed by atoms with Gasteiger partial charge in [-0.15, -0.1) is 11.3 Å². The van der Waals surface area contributed by atoms with Crippen LogP contribution in [0.5, 0.6) is 0 Å². The molecule has 0 fully saturated rings. The quantitative estimate of drug-likeness (QED) is 0.830. The fourth-order valence-corrected chi connectivity index (χ4v) is 2.29. The Morgan fingerprint density at radius 3 is 2.45 bits per heavy atom. The van der Waals surface area contributed by atoms with Crippen molar-refractivity contribution in [1.29, 1.82) is 0 Å². The SMILES string of the molecule is CC(=O)Nc1cccc(NC(=O)COC(=O)c2cccs2)c1. The Morgan fingerprint density at radius 1 is 1.09 bits per heavy atom. The number of benzene rings is 1. The third-order valence-electron chi connectivity index (χ3n) is 2.52. The van der Waals surface area contributed by atoms with Crippen molar-refractivity contribution >= 4 is 40.5 Å². The van der Waals surface area contributed by atoms with Gasteiger partial charge in [0.15, 0.2) is 6.61 Å². The first kappa shape index (κ1) is 15.7. The van der Waals surface area contributed by atoms with E-state index in [0.717, 1.165) is 0 Å². The molecule has 1 aromatic carbocycles. The first-order chi connectivity index (χ1) is 10.5. The second-order valence-electron chi connectivity index (χ2n) is 4.36. The summed E-state index contributed by atoms with van der Waals surface area (Å²) in [6.07, 6.45) is 0. The van der Waals surface area contributed by atoms with E-state index in [1.165, 1.54) is 18.3 Å². The molecular weight excluding hydrogens is 304 g/mol. The van der Waals surface area contributed by atoms with Crippen LogP contribution in [0.1, 0.15) is 16.6 Å². The van der Waals surface area contributed by atoms with E-state index in [-0.39, 0.29) is 12.5 Å². The average molecular weight is 318 g/mol. The molecule has 0 saturated carbocycles. The van der Waals surface area contributed by atoms with Gasteiger partial charge in [-0.3, -0.25) is 9.59 Å². The van der Waals surface area contributed by atoms with E-state index in [1.807, 2.05) is 0 Å². The maximum absolute atomic E-state index is 11.7. The molecule has 2 amide bonds. The van der Waals surface area contributed by atoms with Gasteiger partial charge in [-0.2, -0.15) is 0 Å². The van der Waals surface area contributed by atoms with Crippen LogP contribution < -0.4 is 10.6 Å². The van der Waals surface area contributed by atoms with Crippen LogP contribution in [0, 0.1) is 0 Å². The highest BCUT2D eigenvalue weighted by atomic mass is 32.1. The van der Waals surface area contributed by atoms with E-state index >= 15 is 0 Å². The Bertz CT molecular complexity index is 683. The fraction of sp³-hybridized carbons (Fsp3) is 0.133. The van der Waals surface area contributed by atoms with Crippen molar-refractivity contribution in [3.63, 3.8) is 0 Å². The fourth-order valence-electron chi connectivity index (χ4n) is 1.67. The number of hydrogen-bond donors (Lipinski definition) is 2.